The van der Waals surface area contributed by atoms with E-state index in [0.29, 0.717) is 16.5 Å². The summed E-state index contributed by atoms with van der Waals surface area (Å²) in [7, 11) is 1.60. The number of rotatable bonds is 5. The van der Waals surface area contributed by atoms with Crippen LogP contribution in [0.5, 0.6) is 11.5 Å². The predicted octanol–water partition coefficient (Wildman–Crippen LogP) is 2.14. The Labute approximate surface area is 95.2 Å². The Morgan fingerprint density at radius 1 is 1.40 bits per heavy atom. The minimum Gasteiger partial charge on any atom is -0.493 e. The van der Waals surface area contributed by atoms with Crippen LogP contribution in [0.25, 0.3) is 0 Å². The van der Waals surface area contributed by atoms with Crippen molar-refractivity contribution in [2.24, 2.45) is 5.73 Å². The molecule has 0 fully saturated rings. The molecule has 0 bridgehead atoms. The van der Waals surface area contributed by atoms with Gasteiger partial charge in [0.2, 0.25) is 0 Å². The molecule has 0 aliphatic heterocycles. The van der Waals surface area contributed by atoms with Crippen LogP contribution in [0.1, 0.15) is 13.3 Å². The third-order valence-electron chi connectivity index (χ3n) is 2.03. The summed E-state index contributed by atoms with van der Waals surface area (Å²) in [5.41, 5.74) is 5.55. The zero-order valence-corrected chi connectivity index (χ0v) is 9.71. The minimum atomic E-state index is -0.240. The van der Waals surface area contributed by atoms with Crippen LogP contribution in [0.15, 0.2) is 24.3 Å². The van der Waals surface area contributed by atoms with Crippen LogP contribution in [0, 0.1) is 0 Å². The lowest BCUT2D eigenvalue weighted by Crippen LogP contribution is -2.31. The molecule has 1 unspecified atom stereocenters. The van der Waals surface area contributed by atoms with Gasteiger partial charge in [-0.1, -0.05) is 31.3 Å². The van der Waals surface area contributed by atoms with Gasteiger partial charge in [0.25, 0.3) is 0 Å². The van der Waals surface area contributed by atoms with Gasteiger partial charge >= 0.3 is 0 Å². The zero-order valence-electron chi connectivity index (χ0n) is 8.90. The Kier molecular flexibility index (Phi) is 4.37. The first kappa shape index (κ1) is 11.8. The van der Waals surface area contributed by atoms with Gasteiger partial charge in [-0.05, 0) is 18.6 Å². The summed E-state index contributed by atoms with van der Waals surface area (Å²) in [6.45, 7) is 1.97. The number of methoxy groups -OCH3 is 1. The highest BCUT2D eigenvalue weighted by molar-refractivity contribution is 7.80. The number of benzene rings is 1. The molecule has 82 valence electrons. The van der Waals surface area contributed by atoms with Crippen molar-refractivity contribution < 1.29 is 9.47 Å². The van der Waals surface area contributed by atoms with Crippen molar-refractivity contribution in [2.45, 2.75) is 19.4 Å². The van der Waals surface area contributed by atoms with Crippen LogP contribution >= 0.6 is 12.2 Å². The molecule has 4 heteroatoms. The molecular formula is C11H15NO2S. The average molecular weight is 225 g/mol. The Morgan fingerprint density at radius 2 is 2.00 bits per heavy atom. The van der Waals surface area contributed by atoms with Crippen molar-refractivity contribution >= 4 is 17.2 Å². The van der Waals surface area contributed by atoms with Gasteiger partial charge < -0.3 is 15.2 Å². The van der Waals surface area contributed by atoms with Crippen molar-refractivity contribution in [3.05, 3.63) is 24.3 Å². The first-order valence-corrected chi connectivity index (χ1v) is 5.18. The first-order valence-electron chi connectivity index (χ1n) is 4.78. The van der Waals surface area contributed by atoms with Gasteiger partial charge in [-0.25, -0.2) is 0 Å². The summed E-state index contributed by atoms with van der Waals surface area (Å²) in [6, 6.07) is 7.43. The molecule has 0 aliphatic carbocycles. The SMILES string of the molecule is CCC(Oc1ccccc1OC)C(N)=S. The van der Waals surface area contributed by atoms with Crippen molar-refractivity contribution in [3.63, 3.8) is 0 Å². The lowest BCUT2D eigenvalue weighted by atomic mass is 10.2. The smallest absolute Gasteiger partial charge is 0.162 e. The summed E-state index contributed by atoms with van der Waals surface area (Å²) in [5, 5.41) is 0. The Hall–Kier alpha value is -1.29. The molecule has 0 saturated heterocycles. The molecule has 0 amide bonds. The second-order valence-electron chi connectivity index (χ2n) is 3.07. The molecule has 0 saturated carbocycles. The largest absolute Gasteiger partial charge is 0.493 e. The first-order chi connectivity index (χ1) is 7.19. The Bertz CT molecular complexity index is 341. The van der Waals surface area contributed by atoms with E-state index in [1.165, 1.54) is 0 Å². The van der Waals surface area contributed by atoms with E-state index in [2.05, 4.69) is 0 Å². The lowest BCUT2D eigenvalue weighted by molar-refractivity contribution is 0.249. The van der Waals surface area contributed by atoms with Gasteiger partial charge in [0.1, 0.15) is 11.1 Å². The molecule has 1 aromatic carbocycles. The second kappa shape index (κ2) is 5.56. The maximum Gasteiger partial charge on any atom is 0.162 e. The number of hydrogen-bond donors (Lipinski definition) is 1. The highest BCUT2D eigenvalue weighted by atomic mass is 32.1. The maximum atomic E-state index is 5.66. The Balaban J connectivity index is 2.82. The summed E-state index contributed by atoms with van der Waals surface area (Å²) in [6.07, 6.45) is 0.504. The maximum absolute atomic E-state index is 5.66. The number of ether oxygens (including phenoxy) is 2. The van der Waals surface area contributed by atoms with Gasteiger partial charge in [-0.15, -0.1) is 0 Å². The quantitative estimate of drug-likeness (QED) is 0.780. The molecule has 0 radical (unpaired) electrons. The minimum absolute atomic E-state index is 0.240. The van der Waals surface area contributed by atoms with Gasteiger partial charge in [-0.2, -0.15) is 0 Å². The van der Waals surface area contributed by atoms with E-state index >= 15 is 0 Å². The van der Waals surface area contributed by atoms with Crippen LogP contribution in [0.2, 0.25) is 0 Å². The molecule has 1 rings (SSSR count). The third-order valence-corrected chi connectivity index (χ3v) is 2.29. The van der Waals surface area contributed by atoms with Crippen LogP contribution in [-0.4, -0.2) is 18.2 Å². The highest BCUT2D eigenvalue weighted by Crippen LogP contribution is 2.27. The van der Waals surface area contributed by atoms with E-state index < -0.39 is 0 Å². The van der Waals surface area contributed by atoms with Crippen LogP contribution in [0.3, 0.4) is 0 Å². The predicted molar refractivity (Wildman–Crippen MR) is 64.5 cm³/mol. The summed E-state index contributed by atoms with van der Waals surface area (Å²) in [5.74, 6) is 1.35. The van der Waals surface area contributed by atoms with E-state index in [9.17, 15) is 0 Å². The van der Waals surface area contributed by atoms with E-state index in [0.717, 1.165) is 6.42 Å². The van der Waals surface area contributed by atoms with Gasteiger partial charge in [0.05, 0.1) is 7.11 Å². The number of para-hydroxylation sites is 2. The zero-order chi connectivity index (χ0) is 11.3. The molecular weight excluding hydrogens is 210 g/mol. The monoisotopic (exact) mass is 225 g/mol. The van der Waals surface area contributed by atoms with Crippen LogP contribution in [-0.2, 0) is 0 Å². The molecule has 15 heavy (non-hydrogen) atoms. The van der Waals surface area contributed by atoms with Crippen molar-refractivity contribution in [2.75, 3.05) is 7.11 Å². The fourth-order valence-corrected chi connectivity index (χ4v) is 1.43. The van der Waals surface area contributed by atoms with E-state index in [1.54, 1.807) is 7.11 Å². The molecule has 2 N–H and O–H groups in total. The Morgan fingerprint density at radius 3 is 2.47 bits per heavy atom. The normalized spacial score (nSPS) is 11.9. The highest BCUT2D eigenvalue weighted by Gasteiger charge is 2.13. The summed E-state index contributed by atoms with van der Waals surface area (Å²) in [4.78, 5) is 0.364. The van der Waals surface area contributed by atoms with Crippen molar-refractivity contribution in [1.82, 2.24) is 0 Å². The number of thiocarbonyl (C=S) groups is 1. The van der Waals surface area contributed by atoms with Crippen LogP contribution < -0.4 is 15.2 Å². The standard InChI is InChI=1S/C11H15NO2S/c1-3-8(11(12)15)14-10-7-5-4-6-9(10)13-2/h4-8H,3H2,1-2H3,(H2,12,15). The summed E-state index contributed by atoms with van der Waals surface area (Å²) >= 11 is 4.91. The van der Waals surface area contributed by atoms with E-state index in [1.807, 2.05) is 31.2 Å². The fourth-order valence-electron chi connectivity index (χ4n) is 1.21. The molecule has 3 nitrogen and oxygen atoms in total. The molecule has 1 aromatic rings. The fraction of sp³-hybridized carbons (Fsp3) is 0.364. The van der Waals surface area contributed by atoms with E-state index in [4.69, 9.17) is 27.4 Å². The van der Waals surface area contributed by atoms with Gasteiger partial charge in [0, 0.05) is 0 Å². The molecule has 0 aliphatic rings. The summed E-state index contributed by atoms with van der Waals surface area (Å²) < 4.78 is 10.8. The molecule has 0 spiro atoms. The third kappa shape index (κ3) is 3.09. The van der Waals surface area contributed by atoms with Gasteiger partial charge in [0.15, 0.2) is 11.5 Å². The molecule has 0 heterocycles. The second-order valence-corrected chi connectivity index (χ2v) is 3.54. The van der Waals surface area contributed by atoms with Crippen molar-refractivity contribution in [1.29, 1.82) is 0 Å². The topological polar surface area (TPSA) is 44.5 Å². The number of hydrogen-bond acceptors (Lipinski definition) is 3. The molecule has 0 aromatic heterocycles. The van der Waals surface area contributed by atoms with Crippen LogP contribution in [0.4, 0.5) is 0 Å². The number of nitrogens with two attached hydrogens (primary N) is 1. The van der Waals surface area contributed by atoms with E-state index in [-0.39, 0.29) is 6.10 Å². The molecule has 1 atom stereocenters. The average Bonchev–Trinajstić information content (AvgIpc) is 2.25. The van der Waals surface area contributed by atoms with Gasteiger partial charge in [-0.3, -0.25) is 0 Å². The van der Waals surface area contributed by atoms with Crippen molar-refractivity contribution in [3.8, 4) is 11.5 Å². The lowest BCUT2D eigenvalue weighted by Gasteiger charge is -2.17.